The number of allylic oxidation sites excluding steroid dienone is 1. The van der Waals surface area contributed by atoms with Crippen molar-refractivity contribution < 1.29 is 46.8 Å². The number of benzene rings is 3. The van der Waals surface area contributed by atoms with Gasteiger partial charge in [0.2, 0.25) is 0 Å². The molecule has 5 rings (SSSR count). The highest BCUT2D eigenvalue weighted by molar-refractivity contribution is 8.23. The van der Waals surface area contributed by atoms with Crippen LogP contribution in [0.1, 0.15) is 35.0 Å². The Bertz CT molecular complexity index is 1870. The van der Waals surface area contributed by atoms with Crippen molar-refractivity contribution in [2.24, 2.45) is 0 Å². The quantitative estimate of drug-likeness (QED) is 0.123. The van der Waals surface area contributed by atoms with E-state index in [9.17, 15) is 32.6 Å². The maximum Gasteiger partial charge on any atom is 0.326 e. The molecular weight excluding hydrogens is 646 g/mol. The molecular formula is C35H36F2N2O8S. The highest BCUT2D eigenvalue weighted by Crippen LogP contribution is 2.54. The van der Waals surface area contributed by atoms with Crippen LogP contribution in [-0.4, -0.2) is 69.6 Å². The lowest BCUT2D eigenvalue weighted by Crippen LogP contribution is -2.43. The zero-order valence-corrected chi connectivity index (χ0v) is 27.3. The Morgan fingerprint density at radius 2 is 1.71 bits per heavy atom. The van der Waals surface area contributed by atoms with Crippen molar-refractivity contribution in [3.63, 3.8) is 0 Å². The van der Waals surface area contributed by atoms with Crippen LogP contribution in [0.15, 0.2) is 95.1 Å². The first-order valence-electron chi connectivity index (χ1n) is 15.0. The molecule has 2 atom stereocenters. The summed E-state index contributed by atoms with van der Waals surface area (Å²) in [5.41, 5.74) is 2.96. The number of nitrogens with zero attached hydrogens (tertiary/aromatic N) is 1. The van der Waals surface area contributed by atoms with Crippen molar-refractivity contribution in [3.8, 4) is 0 Å². The maximum atomic E-state index is 14.8. The van der Waals surface area contributed by atoms with Crippen LogP contribution < -0.4 is 5.32 Å². The number of amides is 1. The molecule has 0 fully saturated rings. The number of rotatable bonds is 13. The van der Waals surface area contributed by atoms with Crippen LogP contribution in [-0.2, 0) is 25.4 Å². The first-order chi connectivity index (χ1) is 23.0. The molecule has 1 aliphatic rings. The van der Waals surface area contributed by atoms with E-state index in [1.807, 2.05) is 25.1 Å². The van der Waals surface area contributed by atoms with E-state index >= 15 is 0 Å². The fourth-order valence-corrected chi connectivity index (χ4v) is 7.43. The average Bonchev–Trinajstić information content (AvgIpc) is 3.47. The summed E-state index contributed by atoms with van der Waals surface area (Å²) in [5.74, 6) is -4.13. The Morgan fingerprint density at radius 1 is 1.02 bits per heavy atom. The summed E-state index contributed by atoms with van der Waals surface area (Å²) in [6, 6.07) is 16.0. The third-order valence-electron chi connectivity index (χ3n) is 8.02. The van der Waals surface area contributed by atoms with Gasteiger partial charge in [-0.05, 0) is 54.0 Å². The summed E-state index contributed by atoms with van der Waals surface area (Å²) in [7, 11) is -1.30. The highest BCUT2D eigenvalue weighted by Gasteiger charge is 2.33. The fourth-order valence-electron chi connectivity index (χ4n) is 5.74. The van der Waals surface area contributed by atoms with Crippen molar-refractivity contribution in [2.45, 2.75) is 36.8 Å². The number of aliphatic carboxylic acids is 1. The summed E-state index contributed by atoms with van der Waals surface area (Å²) >= 11 is 0. The van der Waals surface area contributed by atoms with Crippen LogP contribution in [0.2, 0.25) is 0 Å². The number of fused-ring (bicyclic) bond motifs is 1. The maximum absolute atomic E-state index is 14.8. The van der Waals surface area contributed by atoms with Gasteiger partial charge < -0.3 is 24.6 Å². The summed E-state index contributed by atoms with van der Waals surface area (Å²) in [6.45, 7) is 2.95. The number of para-hydroxylation sites is 1. The number of hydrogen-bond acceptors (Lipinski definition) is 7. The lowest BCUT2D eigenvalue weighted by molar-refractivity contribution is -0.139. The Hall–Kier alpha value is -4.53. The topological polar surface area (TPSA) is 139 Å². The van der Waals surface area contributed by atoms with Crippen molar-refractivity contribution in [3.05, 3.63) is 119 Å². The zero-order valence-electron chi connectivity index (χ0n) is 26.5. The van der Waals surface area contributed by atoms with Crippen LogP contribution >= 0.6 is 10.8 Å². The molecule has 13 heteroatoms. The normalized spacial score (nSPS) is 16.1. The van der Waals surface area contributed by atoms with E-state index in [1.165, 1.54) is 12.1 Å². The molecule has 4 aromatic rings. The largest absolute Gasteiger partial charge is 0.496 e. The molecule has 0 spiro atoms. The number of carboxylic acid groups (broad SMARTS) is 1. The van der Waals surface area contributed by atoms with Crippen molar-refractivity contribution in [1.29, 1.82) is 0 Å². The molecule has 0 saturated carbocycles. The van der Waals surface area contributed by atoms with E-state index in [0.29, 0.717) is 36.3 Å². The molecule has 48 heavy (non-hydrogen) atoms. The minimum atomic E-state index is -4.49. The van der Waals surface area contributed by atoms with Crippen LogP contribution in [0.3, 0.4) is 0 Å². The number of nitrogens with one attached hydrogen (secondary N) is 1. The number of carbonyl (C=O) groups is 2. The van der Waals surface area contributed by atoms with Gasteiger partial charge in [0.1, 0.15) is 17.5 Å². The monoisotopic (exact) mass is 682 g/mol. The third-order valence-corrected chi connectivity index (χ3v) is 9.86. The second-order valence-electron chi connectivity index (χ2n) is 11.1. The average molecular weight is 683 g/mol. The van der Waals surface area contributed by atoms with Crippen LogP contribution in [0, 0.1) is 11.6 Å². The van der Waals surface area contributed by atoms with Gasteiger partial charge in [0.15, 0.2) is 16.5 Å². The number of hydrogen-bond donors (Lipinski definition) is 4. The van der Waals surface area contributed by atoms with Crippen LogP contribution in [0.25, 0.3) is 16.5 Å². The second-order valence-corrected chi connectivity index (χ2v) is 12.9. The van der Waals surface area contributed by atoms with Gasteiger partial charge in [0.25, 0.3) is 5.91 Å². The van der Waals surface area contributed by atoms with E-state index < -0.39 is 45.2 Å². The molecule has 4 N–H and O–H groups in total. The summed E-state index contributed by atoms with van der Waals surface area (Å²) < 4.78 is 69.8. The summed E-state index contributed by atoms with van der Waals surface area (Å²) in [5, 5.41) is 12.9. The van der Waals surface area contributed by atoms with E-state index in [2.05, 4.69) is 5.32 Å². The minimum absolute atomic E-state index is 0.106. The Labute approximate surface area is 277 Å². The Balaban J connectivity index is 1.43. The molecule has 1 amide bonds. The predicted molar refractivity (Wildman–Crippen MR) is 178 cm³/mol. The summed E-state index contributed by atoms with van der Waals surface area (Å²) in [6.07, 6.45) is 2.12. The molecule has 0 radical (unpaired) electrons. The number of aromatic nitrogens is 1. The van der Waals surface area contributed by atoms with Gasteiger partial charge in [-0.15, -0.1) is 0 Å². The number of ether oxygens (including phenoxy) is 3. The van der Waals surface area contributed by atoms with Gasteiger partial charge in [-0.2, -0.15) is 0 Å². The van der Waals surface area contributed by atoms with Gasteiger partial charge in [-0.25, -0.2) is 17.5 Å². The number of halogens is 2. The number of carbonyl (C=O) groups excluding carboxylic acids is 1. The molecule has 1 heterocycles. The molecule has 0 aliphatic heterocycles. The second kappa shape index (κ2) is 14.7. The van der Waals surface area contributed by atoms with Gasteiger partial charge in [-0.1, -0.05) is 59.3 Å². The first kappa shape index (κ1) is 34.8. The molecule has 1 aromatic heterocycles. The van der Waals surface area contributed by atoms with Crippen molar-refractivity contribution >= 4 is 39.1 Å². The molecule has 0 saturated heterocycles. The van der Waals surface area contributed by atoms with E-state index in [-0.39, 0.29) is 23.7 Å². The van der Waals surface area contributed by atoms with Gasteiger partial charge in [0.05, 0.1) is 25.3 Å². The van der Waals surface area contributed by atoms with E-state index in [1.54, 1.807) is 44.6 Å². The predicted octanol–water partition coefficient (Wildman–Crippen LogP) is 6.66. The van der Waals surface area contributed by atoms with E-state index in [4.69, 9.17) is 14.2 Å². The van der Waals surface area contributed by atoms with Gasteiger partial charge in [0, 0.05) is 37.5 Å². The summed E-state index contributed by atoms with van der Waals surface area (Å²) in [4.78, 5) is 25.0. The van der Waals surface area contributed by atoms with Gasteiger partial charge >= 0.3 is 5.97 Å². The Kier molecular flexibility index (Phi) is 10.7. The standard InChI is InChI=1S/C35H36F2N2O8S/c1-4-47-20-22-17-30(45-2)32(31(18-22)46-3)23-14-12-21(13-15-23)16-27(35(41)42)38-34(40)29-19-24-8-5-6-11-28(24)39(29)48(43,44)33-25(36)9-7-10-26(33)37/h5-15,17,19,27,31,43-44H,4,16,18,20H2,1-3H3,(H,38,40)(H,41,42)/t27-,31?/m0/s1. The minimum Gasteiger partial charge on any atom is -0.496 e. The van der Waals surface area contributed by atoms with Crippen molar-refractivity contribution in [1.82, 2.24) is 9.29 Å². The van der Waals surface area contributed by atoms with Crippen molar-refractivity contribution in [2.75, 3.05) is 27.4 Å². The molecule has 254 valence electrons. The molecule has 3 aromatic carbocycles. The lowest BCUT2D eigenvalue weighted by Gasteiger charge is -2.36. The number of methoxy groups -OCH3 is 2. The fraction of sp³-hybridized carbons (Fsp3) is 0.257. The van der Waals surface area contributed by atoms with Crippen LogP contribution in [0.5, 0.6) is 0 Å². The SMILES string of the molecule is CCOCC1=CC(OC)=C(c2ccc(C[C@H](NC(=O)c3cc4ccccc4n3S(O)(O)c3c(F)cccc3F)C(=O)O)cc2)C(OC)C1. The first-order valence-corrected chi connectivity index (χ1v) is 16.5. The molecule has 10 nitrogen and oxygen atoms in total. The van der Waals surface area contributed by atoms with Gasteiger partial charge in [-0.3, -0.25) is 13.9 Å². The zero-order chi connectivity index (χ0) is 34.6. The highest BCUT2D eigenvalue weighted by atomic mass is 32.3. The van der Waals surface area contributed by atoms with E-state index in [0.717, 1.165) is 38.9 Å². The molecule has 0 bridgehead atoms. The smallest absolute Gasteiger partial charge is 0.326 e. The Morgan fingerprint density at radius 3 is 2.33 bits per heavy atom. The third kappa shape index (κ3) is 7.00. The lowest BCUT2D eigenvalue weighted by atomic mass is 9.88. The van der Waals surface area contributed by atoms with Crippen LogP contribution in [0.4, 0.5) is 8.78 Å². The molecule has 1 aliphatic carbocycles. The number of carboxylic acids is 1. The molecule has 1 unspecified atom stereocenters.